The zero-order valence-electron chi connectivity index (χ0n) is 8.42. The third-order valence-electron chi connectivity index (χ3n) is 2.69. The molecule has 1 aliphatic heterocycles. The third-order valence-corrected chi connectivity index (χ3v) is 3.70. The molecule has 1 aromatic heterocycles. The summed E-state index contributed by atoms with van der Waals surface area (Å²) in [4.78, 5) is 3.88. The van der Waals surface area contributed by atoms with Crippen LogP contribution in [0.5, 0.6) is 0 Å². The van der Waals surface area contributed by atoms with Gasteiger partial charge in [-0.05, 0) is 24.9 Å². The Labute approximate surface area is 88.8 Å². The van der Waals surface area contributed by atoms with Crippen LogP contribution in [-0.2, 0) is 13.0 Å². The van der Waals surface area contributed by atoms with Gasteiger partial charge in [-0.25, -0.2) is 0 Å². The molecule has 1 aliphatic rings. The summed E-state index contributed by atoms with van der Waals surface area (Å²) in [6.07, 6.45) is 2.27. The first-order chi connectivity index (χ1) is 6.85. The van der Waals surface area contributed by atoms with Crippen molar-refractivity contribution in [2.45, 2.75) is 26.3 Å². The Morgan fingerprint density at radius 1 is 1.64 bits per heavy atom. The van der Waals surface area contributed by atoms with Gasteiger partial charge < -0.3 is 0 Å². The quantitative estimate of drug-likeness (QED) is 0.743. The van der Waals surface area contributed by atoms with E-state index >= 15 is 0 Å². The third kappa shape index (κ3) is 1.68. The van der Waals surface area contributed by atoms with Crippen LogP contribution in [0.4, 0.5) is 0 Å². The SMILES string of the molecule is CCCN1CCc2c(C#N)csc2C1. The Balaban J connectivity index is 2.17. The van der Waals surface area contributed by atoms with Gasteiger partial charge in [-0.3, -0.25) is 4.90 Å². The van der Waals surface area contributed by atoms with Crippen molar-refractivity contribution >= 4 is 11.3 Å². The molecule has 0 saturated heterocycles. The van der Waals surface area contributed by atoms with Crippen molar-refractivity contribution in [2.75, 3.05) is 13.1 Å². The number of thiophene rings is 1. The fraction of sp³-hybridized carbons (Fsp3) is 0.545. The van der Waals surface area contributed by atoms with Gasteiger partial charge in [-0.2, -0.15) is 5.26 Å². The Morgan fingerprint density at radius 3 is 3.21 bits per heavy atom. The lowest BCUT2D eigenvalue weighted by molar-refractivity contribution is 0.258. The molecule has 0 spiro atoms. The second-order valence-electron chi connectivity index (χ2n) is 3.69. The number of fused-ring (bicyclic) bond motifs is 1. The minimum absolute atomic E-state index is 0.904. The minimum atomic E-state index is 0.904. The van der Waals surface area contributed by atoms with Gasteiger partial charge in [0.05, 0.1) is 5.56 Å². The van der Waals surface area contributed by atoms with Crippen LogP contribution in [0.15, 0.2) is 5.38 Å². The smallest absolute Gasteiger partial charge is 0.100 e. The van der Waals surface area contributed by atoms with E-state index in [0.29, 0.717) is 0 Å². The van der Waals surface area contributed by atoms with Crippen molar-refractivity contribution in [3.05, 3.63) is 21.4 Å². The maximum Gasteiger partial charge on any atom is 0.100 e. The molecule has 0 aromatic carbocycles. The van der Waals surface area contributed by atoms with Crippen LogP contribution in [0.1, 0.15) is 29.3 Å². The van der Waals surface area contributed by atoms with Gasteiger partial charge >= 0.3 is 0 Å². The Bertz CT molecular complexity index is 362. The molecule has 1 aromatic rings. The summed E-state index contributed by atoms with van der Waals surface area (Å²) in [5, 5.41) is 10.9. The molecule has 0 atom stereocenters. The topological polar surface area (TPSA) is 27.0 Å². The Hall–Kier alpha value is -0.850. The average Bonchev–Trinajstić information content (AvgIpc) is 2.60. The number of hydrogen-bond donors (Lipinski definition) is 0. The highest BCUT2D eigenvalue weighted by Gasteiger charge is 2.19. The van der Waals surface area contributed by atoms with E-state index < -0.39 is 0 Å². The highest BCUT2D eigenvalue weighted by atomic mass is 32.1. The molecule has 2 rings (SSSR count). The summed E-state index contributed by atoms with van der Waals surface area (Å²) < 4.78 is 0. The first-order valence-corrected chi connectivity index (χ1v) is 5.94. The lowest BCUT2D eigenvalue weighted by Crippen LogP contribution is -2.30. The van der Waals surface area contributed by atoms with Crippen LogP contribution < -0.4 is 0 Å². The van der Waals surface area contributed by atoms with Crippen LogP contribution in [0.3, 0.4) is 0 Å². The first-order valence-electron chi connectivity index (χ1n) is 5.07. The second kappa shape index (κ2) is 4.12. The van der Waals surface area contributed by atoms with Gasteiger partial charge in [0.2, 0.25) is 0 Å². The van der Waals surface area contributed by atoms with Crippen LogP contribution in [-0.4, -0.2) is 18.0 Å². The standard InChI is InChI=1S/C11H14N2S/c1-2-4-13-5-3-10-9(6-12)8-14-11(10)7-13/h8H,2-5,7H2,1H3. The van der Waals surface area contributed by atoms with Crippen molar-refractivity contribution in [2.24, 2.45) is 0 Å². The molecule has 2 nitrogen and oxygen atoms in total. The molecule has 14 heavy (non-hydrogen) atoms. The maximum atomic E-state index is 8.89. The molecule has 74 valence electrons. The number of nitriles is 1. The first kappa shape index (κ1) is 9.70. The molecule has 2 heterocycles. The van der Waals surface area contributed by atoms with Gasteiger partial charge in [-0.15, -0.1) is 11.3 Å². The molecule has 0 radical (unpaired) electrons. The van der Waals surface area contributed by atoms with Gasteiger partial charge in [0.15, 0.2) is 0 Å². The Kier molecular flexibility index (Phi) is 2.85. The Morgan fingerprint density at radius 2 is 2.50 bits per heavy atom. The molecule has 0 fully saturated rings. The molecule has 0 aliphatic carbocycles. The maximum absolute atomic E-state index is 8.89. The monoisotopic (exact) mass is 206 g/mol. The highest BCUT2D eigenvalue weighted by Crippen LogP contribution is 2.27. The van der Waals surface area contributed by atoms with E-state index in [-0.39, 0.29) is 0 Å². The fourth-order valence-electron chi connectivity index (χ4n) is 1.98. The van der Waals surface area contributed by atoms with E-state index in [0.717, 1.165) is 25.1 Å². The van der Waals surface area contributed by atoms with E-state index in [1.54, 1.807) is 11.3 Å². The van der Waals surface area contributed by atoms with Crippen molar-refractivity contribution in [3.8, 4) is 6.07 Å². The lowest BCUT2D eigenvalue weighted by Gasteiger charge is -2.26. The van der Waals surface area contributed by atoms with E-state index in [1.807, 2.05) is 5.38 Å². The normalized spacial score (nSPS) is 16.3. The minimum Gasteiger partial charge on any atom is -0.298 e. The molecule has 0 bridgehead atoms. The summed E-state index contributed by atoms with van der Waals surface area (Å²) in [6.45, 7) is 5.56. The van der Waals surface area contributed by atoms with Crippen molar-refractivity contribution in [3.63, 3.8) is 0 Å². The van der Waals surface area contributed by atoms with Crippen molar-refractivity contribution < 1.29 is 0 Å². The number of rotatable bonds is 2. The van der Waals surface area contributed by atoms with E-state index in [9.17, 15) is 0 Å². The summed E-state index contributed by atoms with van der Waals surface area (Å²) in [7, 11) is 0. The highest BCUT2D eigenvalue weighted by molar-refractivity contribution is 7.10. The molecule has 0 N–H and O–H groups in total. The van der Waals surface area contributed by atoms with Crippen LogP contribution in [0.25, 0.3) is 0 Å². The number of nitrogens with zero attached hydrogens (tertiary/aromatic N) is 2. The van der Waals surface area contributed by atoms with Crippen molar-refractivity contribution in [1.82, 2.24) is 4.90 Å². The molecular weight excluding hydrogens is 192 g/mol. The van der Waals surface area contributed by atoms with Gasteiger partial charge in [0, 0.05) is 23.3 Å². The van der Waals surface area contributed by atoms with Gasteiger partial charge in [0.1, 0.15) is 6.07 Å². The average molecular weight is 206 g/mol. The van der Waals surface area contributed by atoms with Crippen LogP contribution in [0.2, 0.25) is 0 Å². The predicted molar refractivity (Wildman–Crippen MR) is 58.3 cm³/mol. The summed E-state index contributed by atoms with van der Waals surface area (Å²) in [5.74, 6) is 0. The molecule has 0 amide bonds. The van der Waals surface area contributed by atoms with Crippen LogP contribution >= 0.6 is 11.3 Å². The van der Waals surface area contributed by atoms with E-state index in [1.165, 1.54) is 23.4 Å². The van der Waals surface area contributed by atoms with E-state index in [2.05, 4.69) is 17.9 Å². The predicted octanol–water partition coefficient (Wildman–Crippen LogP) is 2.39. The zero-order valence-corrected chi connectivity index (χ0v) is 9.23. The number of hydrogen-bond acceptors (Lipinski definition) is 3. The summed E-state index contributed by atoms with van der Waals surface area (Å²) in [5.41, 5.74) is 2.21. The van der Waals surface area contributed by atoms with Crippen molar-refractivity contribution in [1.29, 1.82) is 5.26 Å². The second-order valence-corrected chi connectivity index (χ2v) is 4.65. The molecule has 3 heteroatoms. The fourth-order valence-corrected chi connectivity index (χ4v) is 3.05. The van der Waals surface area contributed by atoms with Gasteiger partial charge in [0.25, 0.3) is 0 Å². The summed E-state index contributed by atoms with van der Waals surface area (Å²) >= 11 is 1.74. The molecule has 0 saturated carbocycles. The van der Waals surface area contributed by atoms with E-state index in [4.69, 9.17) is 5.26 Å². The largest absolute Gasteiger partial charge is 0.298 e. The van der Waals surface area contributed by atoms with Crippen LogP contribution in [0, 0.1) is 11.3 Å². The zero-order chi connectivity index (χ0) is 9.97. The van der Waals surface area contributed by atoms with Gasteiger partial charge in [-0.1, -0.05) is 6.92 Å². The molecular formula is C11H14N2S. The summed E-state index contributed by atoms with van der Waals surface area (Å²) in [6, 6.07) is 2.27. The lowest BCUT2D eigenvalue weighted by atomic mass is 10.0. The molecule has 0 unspecified atom stereocenters.